The van der Waals surface area contributed by atoms with Crippen LogP contribution in [0.15, 0.2) is 12.7 Å². The highest BCUT2D eigenvalue weighted by atomic mass is 15.2. The molecule has 1 heterocycles. The molecule has 82 valence electrons. The Morgan fingerprint density at radius 1 is 1.50 bits per heavy atom. The standard InChI is InChI=1S/C12H24N2/c1-3-4-6-9-14-10-7-5-8-12(14)11-13-2/h3,12-13H,1,4-11H2,2H3. The average Bonchev–Trinajstić information content (AvgIpc) is 2.21. The molecule has 1 unspecified atom stereocenters. The van der Waals surface area contributed by atoms with Crippen molar-refractivity contribution in [1.82, 2.24) is 10.2 Å². The van der Waals surface area contributed by atoms with Crippen LogP contribution in [0.2, 0.25) is 0 Å². The molecule has 0 aromatic heterocycles. The van der Waals surface area contributed by atoms with Crippen molar-refractivity contribution in [3.63, 3.8) is 0 Å². The molecule has 1 saturated heterocycles. The van der Waals surface area contributed by atoms with E-state index < -0.39 is 0 Å². The number of nitrogens with zero attached hydrogens (tertiary/aromatic N) is 1. The molecule has 1 fully saturated rings. The number of nitrogens with one attached hydrogen (secondary N) is 1. The number of piperidine rings is 1. The molecule has 1 aliphatic heterocycles. The second kappa shape index (κ2) is 7.02. The Labute approximate surface area is 88.4 Å². The predicted octanol–water partition coefficient (Wildman–Crippen LogP) is 2.03. The van der Waals surface area contributed by atoms with Crippen LogP contribution < -0.4 is 5.32 Å². The first kappa shape index (κ1) is 11.7. The second-order valence-corrected chi connectivity index (χ2v) is 4.17. The van der Waals surface area contributed by atoms with Gasteiger partial charge in [0, 0.05) is 12.6 Å². The molecule has 1 N–H and O–H groups in total. The van der Waals surface area contributed by atoms with Gasteiger partial charge in [-0.3, -0.25) is 4.90 Å². The average molecular weight is 196 g/mol. The molecule has 0 aromatic carbocycles. The molecule has 0 aromatic rings. The fourth-order valence-electron chi connectivity index (χ4n) is 2.26. The second-order valence-electron chi connectivity index (χ2n) is 4.17. The van der Waals surface area contributed by atoms with E-state index in [1.54, 1.807) is 0 Å². The van der Waals surface area contributed by atoms with Gasteiger partial charge in [0.05, 0.1) is 0 Å². The molecule has 1 aliphatic rings. The monoisotopic (exact) mass is 196 g/mol. The van der Waals surface area contributed by atoms with Crippen LogP contribution in [0.1, 0.15) is 32.1 Å². The van der Waals surface area contributed by atoms with E-state index in [0.29, 0.717) is 0 Å². The molecule has 0 saturated carbocycles. The lowest BCUT2D eigenvalue weighted by Gasteiger charge is -2.35. The summed E-state index contributed by atoms with van der Waals surface area (Å²) in [6.45, 7) is 7.46. The minimum absolute atomic E-state index is 0.776. The van der Waals surface area contributed by atoms with Crippen molar-refractivity contribution in [2.45, 2.75) is 38.1 Å². The van der Waals surface area contributed by atoms with E-state index in [1.165, 1.54) is 38.8 Å². The summed E-state index contributed by atoms with van der Waals surface area (Å²) in [4.78, 5) is 2.64. The maximum atomic E-state index is 3.77. The van der Waals surface area contributed by atoms with Gasteiger partial charge in [0.2, 0.25) is 0 Å². The Morgan fingerprint density at radius 2 is 2.36 bits per heavy atom. The van der Waals surface area contributed by atoms with Crippen LogP contribution in [0.25, 0.3) is 0 Å². The lowest BCUT2D eigenvalue weighted by Crippen LogP contribution is -2.45. The third-order valence-corrected chi connectivity index (χ3v) is 3.04. The van der Waals surface area contributed by atoms with Gasteiger partial charge in [-0.05, 0) is 45.8 Å². The largest absolute Gasteiger partial charge is 0.318 e. The van der Waals surface area contributed by atoms with Crippen molar-refractivity contribution in [2.24, 2.45) is 0 Å². The molecule has 0 aliphatic carbocycles. The van der Waals surface area contributed by atoms with E-state index in [-0.39, 0.29) is 0 Å². The Balaban J connectivity index is 2.26. The number of hydrogen-bond donors (Lipinski definition) is 1. The fourth-order valence-corrected chi connectivity index (χ4v) is 2.26. The van der Waals surface area contributed by atoms with E-state index in [9.17, 15) is 0 Å². The SMILES string of the molecule is C=CCCCN1CCCCC1CNC. The van der Waals surface area contributed by atoms with Gasteiger partial charge >= 0.3 is 0 Å². The van der Waals surface area contributed by atoms with Gasteiger partial charge < -0.3 is 5.32 Å². The highest BCUT2D eigenvalue weighted by Crippen LogP contribution is 2.16. The van der Waals surface area contributed by atoms with E-state index in [1.807, 2.05) is 6.08 Å². The Bertz CT molecular complexity index is 154. The summed E-state index contributed by atoms with van der Waals surface area (Å²) < 4.78 is 0. The van der Waals surface area contributed by atoms with Crippen molar-refractivity contribution in [3.8, 4) is 0 Å². The Hall–Kier alpha value is -0.340. The van der Waals surface area contributed by atoms with Gasteiger partial charge in [0.15, 0.2) is 0 Å². The maximum Gasteiger partial charge on any atom is 0.0220 e. The van der Waals surface area contributed by atoms with Crippen LogP contribution in [-0.2, 0) is 0 Å². The molecular weight excluding hydrogens is 172 g/mol. The van der Waals surface area contributed by atoms with E-state index in [4.69, 9.17) is 0 Å². The smallest absolute Gasteiger partial charge is 0.0220 e. The zero-order valence-electron chi connectivity index (χ0n) is 9.47. The fraction of sp³-hybridized carbons (Fsp3) is 0.833. The zero-order chi connectivity index (χ0) is 10.2. The summed E-state index contributed by atoms with van der Waals surface area (Å²) in [5, 5.41) is 3.30. The molecular formula is C12H24N2. The van der Waals surface area contributed by atoms with E-state index in [0.717, 1.165) is 19.0 Å². The van der Waals surface area contributed by atoms with Gasteiger partial charge in [-0.2, -0.15) is 0 Å². The van der Waals surface area contributed by atoms with Crippen molar-refractivity contribution in [2.75, 3.05) is 26.7 Å². The molecule has 2 heteroatoms. The highest BCUT2D eigenvalue weighted by molar-refractivity contribution is 4.79. The summed E-state index contributed by atoms with van der Waals surface area (Å²) in [5.74, 6) is 0. The first-order chi connectivity index (χ1) is 6.88. The molecule has 0 radical (unpaired) electrons. The summed E-state index contributed by atoms with van der Waals surface area (Å²) >= 11 is 0. The summed E-state index contributed by atoms with van der Waals surface area (Å²) in [6, 6.07) is 0.776. The van der Waals surface area contributed by atoms with Crippen LogP contribution in [0, 0.1) is 0 Å². The van der Waals surface area contributed by atoms with Gasteiger partial charge in [-0.25, -0.2) is 0 Å². The van der Waals surface area contributed by atoms with Gasteiger partial charge in [-0.15, -0.1) is 6.58 Å². The maximum absolute atomic E-state index is 3.77. The number of allylic oxidation sites excluding steroid dienone is 1. The third kappa shape index (κ3) is 3.81. The van der Waals surface area contributed by atoms with Crippen LogP contribution in [-0.4, -0.2) is 37.6 Å². The quantitative estimate of drug-likeness (QED) is 0.516. The van der Waals surface area contributed by atoms with Gasteiger partial charge in [-0.1, -0.05) is 12.5 Å². The molecule has 1 atom stereocenters. The lowest BCUT2D eigenvalue weighted by molar-refractivity contribution is 0.146. The third-order valence-electron chi connectivity index (χ3n) is 3.04. The summed E-state index contributed by atoms with van der Waals surface area (Å²) in [5.41, 5.74) is 0. The minimum atomic E-state index is 0.776. The molecule has 0 bridgehead atoms. The van der Waals surface area contributed by atoms with Gasteiger partial charge in [0.25, 0.3) is 0 Å². The number of rotatable bonds is 6. The van der Waals surface area contributed by atoms with Crippen molar-refractivity contribution >= 4 is 0 Å². The number of likely N-dealkylation sites (tertiary alicyclic amines) is 1. The molecule has 0 amide bonds. The normalized spacial score (nSPS) is 23.6. The molecule has 2 nitrogen and oxygen atoms in total. The number of likely N-dealkylation sites (N-methyl/N-ethyl adjacent to an activating group) is 1. The van der Waals surface area contributed by atoms with E-state index in [2.05, 4.69) is 23.8 Å². The molecule has 14 heavy (non-hydrogen) atoms. The van der Waals surface area contributed by atoms with Crippen molar-refractivity contribution < 1.29 is 0 Å². The first-order valence-electron chi connectivity index (χ1n) is 5.88. The predicted molar refractivity (Wildman–Crippen MR) is 62.6 cm³/mol. The van der Waals surface area contributed by atoms with Crippen molar-refractivity contribution in [3.05, 3.63) is 12.7 Å². The summed E-state index contributed by atoms with van der Waals surface area (Å²) in [6.07, 6.45) is 8.61. The van der Waals surface area contributed by atoms with Crippen LogP contribution in [0.3, 0.4) is 0 Å². The minimum Gasteiger partial charge on any atom is -0.318 e. The zero-order valence-corrected chi connectivity index (χ0v) is 9.47. The summed E-state index contributed by atoms with van der Waals surface area (Å²) in [7, 11) is 2.05. The van der Waals surface area contributed by atoms with Crippen LogP contribution in [0.5, 0.6) is 0 Å². The lowest BCUT2D eigenvalue weighted by atomic mass is 10.0. The number of unbranched alkanes of at least 4 members (excludes halogenated alkanes) is 1. The first-order valence-corrected chi connectivity index (χ1v) is 5.88. The molecule has 0 spiro atoms. The van der Waals surface area contributed by atoms with Crippen LogP contribution in [0.4, 0.5) is 0 Å². The van der Waals surface area contributed by atoms with E-state index >= 15 is 0 Å². The molecule has 1 rings (SSSR count). The highest BCUT2D eigenvalue weighted by Gasteiger charge is 2.20. The number of hydrogen-bond acceptors (Lipinski definition) is 2. The van der Waals surface area contributed by atoms with Crippen LogP contribution >= 0.6 is 0 Å². The Morgan fingerprint density at radius 3 is 3.07 bits per heavy atom. The van der Waals surface area contributed by atoms with Gasteiger partial charge in [0.1, 0.15) is 0 Å². The Kier molecular flexibility index (Phi) is 5.88. The van der Waals surface area contributed by atoms with Crippen molar-refractivity contribution in [1.29, 1.82) is 0 Å². The topological polar surface area (TPSA) is 15.3 Å².